The molecule has 9 nitrogen and oxygen atoms in total. The average Bonchev–Trinajstić information content (AvgIpc) is 2.94. The first kappa shape index (κ1) is 35.8. The van der Waals surface area contributed by atoms with Crippen molar-refractivity contribution in [2.24, 2.45) is 5.73 Å². The van der Waals surface area contributed by atoms with Gasteiger partial charge in [-0.05, 0) is 62.6 Å². The standard InChI is InChI=1S/C18H24N2O.2C7H8O3S/c1-14-6-5-9-16(10-14)12-20-13-18(21)17(19)11-15-7-3-2-4-8-15;2*1-6-2-4-7(5-3-6)11(8,9)10/h2-10,17-18,20-21H,11-13,19H2,1H3;2*2-5H,1H3,(H,8,9,10)/t17-,18+;;/m0../s1. The second kappa shape index (κ2) is 17.0. The number of aliphatic hydroxyl groups is 1. The van der Waals surface area contributed by atoms with Gasteiger partial charge in [0.25, 0.3) is 20.2 Å². The molecule has 4 rings (SSSR count). The first-order chi connectivity index (χ1) is 20.1. The molecule has 232 valence electrons. The van der Waals surface area contributed by atoms with Crippen molar-refractivity contribution in [1.29, 1.82) is 0 Å². The van der Waals surface area contributed by atoms with Gasteiger partial charge in [-0.15, -0.1) is 0 Å². The Morgan fingerprint density at radius 3 is 1.56 bits per heavy atom. The quantitative estimate of drug-likeness (QED) is 0.168. The topological polar surface area (TPSA) is 167 Å². The zero-order valence-corrected chi connectivity index (χ0v) is 26.1. The van der Waals surface area contributed by atoms with E-state index in [1.807, 2.05) is 50.2 Å². The van der Waals surface area contributed by atoms with E-state index in [2.05, 4.69) is 30.4 Å². The summed E-state index contributed by atoms with van der Waals surface area (Å²) in [6.45, 7) is 7.01. The van der Waals surface area contributed by atoms with Gasteiger partial charge >= 0.3 is 0 Å². The van der Waals surface area contributed by atoms with E-state index in [4.69, 9.17) is 14.8 Å². The monoisotopic (exact) mass is 628 g/mol. The van der Waals surface area contributed by atoms with E-state index in [9.17, 15) is 21.9 Å². The van der Waals surface area contributed by atoms with Crippen molar-refractivity contribution in [3.63, 3.8) is 0 Å². The molecule has 4 aromatic rings. The van der Waals surface area contributed by atoms with E-state index < -0.39 is 26.3 Å². The molecule has 0 radical (unpaired) electrons. The first-order valence-corrected chi connectivity index (χ1v) is 16.4. The minimum atomic E-state index is -4.02. The number of rotatable bonds is 9. The van der Waals surface area contributed by atoms with Gasteiger partial charge < -0.3 is 16.2 Å². The number of nitrogens with one attached hydrogen (secondary N) is 1. The fraction of sp³-hybridized carbons (Fsp3) is 0.250. The average molecular weight is 629 g/mol. The van der Waals surface area contributed by atoms with Gasteiger partial charge in [0.15, 0.2) is 0 Å². The summed E-state index contributed by atoms with van der Waals surface area (Å²) in [5, 5.41) is 13.4. The fourth-order valence-electron chi connectivity index (χ4n) is 3.78. The summed E-state index contributed by atoms with van der Waals surface area (Å²) in [5.74, 6) is 0. The lowest BCUT2D eigenvalue weighted by Crippen LogP contribution is -2.42. The summed E-state index contributed by atoms with van der Waals surface area (Å²) in [4.78, 5) is -0.133. The number of nitrogens with two attached hydrogens (primary N) is 1. The molecule has 0 saturated carbocycles. The minimum Gasteiger partial charge on any atom is -0.390 e. The first-order valence-electron chi connectivity index (χ1n) is 13.5. The predicted octanol–water partition coefficient (Wildman–Crippen LogP) is 4.50. The van der Waals surface area contributed by atoms with E-state index in [1.54, 1.807) is 24.3 Å². The maximum Gasteiger partial charge on any atom is 0.294 e. The van der Waals surface area contributed by atoms with Gasteiger partial charge in [0.05, 0.1) is 15.9 Å². The molecule has 0 saturated heterocycles. The Hall–Kier alpha value is -3.42. The van der Waals surface area contributed by atoms with Crippen molar-refractivity contribution >= 4 is 20.2 Å². The summed E-state index contributed by atoms with van der Waals surface area (Å²) < 4.78 is 59.1. The largest absolute Gasteiger partial charge is 0.390 e. The Labute approximate surface area is 254 Å². The van der Waals surface area contributed by atoms with Crippen LogP contribution in [0.4, 0.5) is 0 Å². The molecule has 2 atom stereocenters. The lowest BCUT2D eigenvalue weighted by Gasteiger charge is -2.19. The Morgan fingerprint density at radius 1 is 0.651 bits per heavy atom. The number of hydrogen-bond donors (Lipinski definition) is 5. The lowest BCUT2D eigenvalue weighted by molar-refractivity contribution is 0.141. The molecule has 0 aliphatic carbocycles. The highest BCUT2D eigenvalue weighted by Crippen LogP contribution is 2.10. The predicted molar refractivity (Wildman–Crippen MR) is 169 cm³/mol. The van der Waals surface area contributed by atoms with Gasteiger partial charge in [0, 0.05) is 19.1 Å². The van der Waals surface area contributed by atoms with Gasteiger partial charge in [0.2, 0.25) is 0 Å². The molecule has 0 unspecified atom stereocenters. The van der Waals surface area contributed by atoms with Crippen molar-refractivity contribution in [2.45, 2.75) is 55.7 Å². The maximum atomic E-state index is 10.5. The second-order valence-electron chi connectivity index (χ2n) is 10.1. The van der Waals surface area contributed by atoms with E-state index in [0.29, 0.717) is 13.0 Å². The van der Waals surface area contributed by atoms with Crippen molar-refractivity contribution in [3.05, 3.63) is 131 Å². The summed E-state index contributed by atoms with van der Waals surface area (Å²) >= 11 is 0. The van der Waals surface area contributed by atoms with Crippen LogP contribution in [0.15, 0.2) is 113 Å². The molecule has 6 N–H and O–H groups in total. The Morgan fingerprint density at radius 2 is 1.12 bits per heavy atom. The smallest absolute Gasteiger partial charge is 0.294 e. The molecule has 0 aromatic heterocycles. The van der Waals surface area contributed by atoms with Crippen LogP contribution in [0.5, 0.6) is 0 Å². The Bertz CT molecular complexity index is 1540. The number of hydrogen-bond acceptors (Lipinski definition) is 7. The van der Waals surface area contributed by atoms with Crippen LogP contribution in [-0.2, 0) is 33.2 Å². The van der Waals surface area contributed by atoms with E-state index in [1.165, 1.54) is 35.4 Å². The molecule has 0 fully saturated rings. The zero-order valence-electron chi connectivity index (χ0n) is 24.5. The van der Waals surface area contributed by atoms with Crippen LogP contribution >= 0.6 is 0 Å². The van der Waals surface area contributed by atoms with Crippen LogP contribution in [0.2, 0.25) is 0 Å². The van der Waals surface area contributed by atoms with Gasteiger partial charge in [0.1, 0.15) is 0 Å². The van der Waals surface area contributed by atoms with E-state index >= 15 is 0 Å². The van der Waals surface area contributed by atoms with E-state index in [0.717, 1.165) is 23.2 Å². The Balaban J connectivity index is 0.000000247. The Kier molecular flexibility index (Phi) is 14.2. The minimum absolute atomic E-state index is 0.0666. The summed E-state index contributed by atoms with van der Waals surface area (Å²) in [5.41, 5.74) is 11.6. The summed E-state index contributed by atoms with van der Waals surface area (Å²) in [6.07, 6.45) is 0.142. The highest BCUT2D eigenvalue weighted by Gasteiger charge is 2.14. The maximum absolute atomic E-state index is 10.5. The van der Waals surface area contributed by atoms with Gasteiger partial charge in [-0.1, -0.05) is 95.6 Å². The molecule has 0 amide bonds. The van der Waals surface area contributed by atoms with Crippen LogP contribution in [0, 0.1) is 20.8 Å². The third-order valence-electron chi connectivity index (χ3n) is 6.21. The third-order valence-corrected chi connectivity index (χ3v) is 7.95. The molecule has 0 aliphatic rings. The van der Waals surface area contributed by atoms with Crippen LogP contribution in [0.1, 0.15) is 27.8 Å². The van der Waals surface area contributed by atoms with Crippen LogP contribution in [0.3, 0.4) is 0 Å². The number of aliphatic hydroxyl groups excluding tert-OH is 1. The fourth-order valence-corrected chi connectivity index (χ4v) is 4.74. The summed E-state index contributed by atoms with van der Waals surface area (Å²) in [6, 6.07) is 30.1. The number of aryl methyl sites for hydroxylation is 3. The normalized spacial score (nSPS) is 12.6. The molecule has 0 spiro atoms. The van der Waals surface area contributed by atoms with Crippen molar-refractivity contribution in [3.8, 4) is 0 Å². The highest BCUT2D eigenvalue weighted by molar-refractivity contribution is 7.86. The zero-order chi connectivity index (χ0) is 32.0. The van der Waals surface area contributed by atoms with Gasteiger partial charge in [-0.2, -0.15) is 16.8 Å². The SMILES string of the molecule is Cc1ccc(S(=O)(=O)O)cc1.Cc1ccc(S(=O)(=O)O)cc1.Cc1cccc(CNC[C@@H](O)[C@@H](N)Cc2ccccc2)c1. The van der Waals surface area contributed by atoms with Crippen LogP contribution in [0.25, 0.3) is 0 Å². The second-order valence-corrected chi connectivity index (χ2v) is 13.0. The van der Waals surface area contributed by atoms with Crippen molar-refractivity contribution in [1.82, 2.24) is 5.32 Å². The van der Waals surface area contributed by atoms with Gasteiger partial charge in [-0.3, -0.25) is 9.11 Å². The lowest BCUT2D eigenvalue weighted by atomic mass is 10.0. The summed E-state index contributed by atoms with van der Waals surface area (Å²) in [7, 11) is -8.04. The number of benzene rings is 4. The molecule has 0 heterocycles. The molecule has 4 aromatic carbocycles. The molecular formula is C32H40N2O7S2. The van der Waals surface area contributed by atoms with Crippen LogP contribution < -0.4 is 11.1 Å². The van der Waals surface area contributed by atoms with E-state index in [-0.39, 0.29) is 15.8 Å². The third kappa shape index (κ3) is 14.1. The molecule has 11 heteroatoms. The highest BCUT2D eigenvalue weighted by atomic mass is 32.2. The molecule has 43 heavy (non-hydrogen) atoms. The molecule has 0 bridgehead atoms. The molecule has 0 aliphatic heterocycles. The molecular weight excluding hydrogens is 588 g/mol. The van der Waals surface area contributed by atoms with Crippen LogP contribution in [-0.4, -0.2) is 49.7 Å². The van der Waals surface area contributed by atoms with Crippen molar-refractivity contribution in [2.75, 3.05) is 6.54 Å². The van der Waals surface area contributed by atoms with Gasteiger partial charge in [-0.25, -0.2) is 0 Å². The van der Waals surface area contributed by atoms with Crippen molar-refractivity contribution < 1.29 is 31.0 Å².